The van der Waals surface area contributed by atoms with E-state index in [1.165, 1.54) is 5.69 Å². The van der Waals surface area contributed by atoms with E-state index in [0.717, 1.165) is 18.8 Å². The van der Waals surface area contributed by atoms with Crippen LogP contribution >= 0.6 is 0 Å². The average Bonchev–Trinajstić information content (AvgIpc) is 2.76. The fourth-order valence-electron chi connectivity index (χ4n) is 2.22. The molecule has 4 heteroatoms. The third kappa shape index (κ3) is 1.85. The van der Waals surface area contributed by atoms with Gasteiger partial charge in [-0.2, -0.15) is 0 Å². The van der Waals surface area contributed by atoms with Crippen LogP contribution in [0.15, 0.2) is 36.9 Å². The maximum atomic E-state index is 4.41. The van der Waals surface area contributed by atoms with Crippen molar-refractivity contribution in [3.8, 4) is 0 Å². The lowest BCUT2D eigenvalue weighted by Gasteiger charge is -2.29. The molecule has 0 saturated carbocycles. The van der Waals surface area contributed by atoms with Crippen molar-refractivity contribution < 1.29 is 0 Å². The van der Waals surface area contributed by atoms with Gasteiger partial charge in [0.05, 0.1) is 18.1 Å². The van der Waals surface area contributed by atoms with E-state index >= 15 is 0 Å². The predicted octanol–water partition coefficient (Wildman–Crippen LogP) is 1.57. The van der Waals surface area contributed by atoms with E-state index in [9.17, 15) is 0 Å². The molecule has 1 aliphatic rings. The van der Waals surface area contributed by atoms with E-state index in [1.54, 1.807) is 0 Å². The zero-order chi connectivity index (χ0) is 11.7. The Bertz CT molecular complexity index is 487. The van der Waals surface area contributed by atoms with Crippen LogP contribution in [0.25, 0.3) is 0 Å². The molecule has 0 spiro atoms. The molecule has 17 heavy (non-hydrogen) atoms. The number of imidazole rings is 1. The van der Waals surface area contributed by atoms with Gasteiger partial charge in [-0.05, 0) is 19.1 Å². The number of hydrogen-bond donors (Lipinski definition) is 1. The maximum absolute atomic E-state index is 4.41. The molecular formula is C13H16N4. The molecule has 1 saturated heterocycles. The fourth-order valence-corrected chi connectivity index (χ4v) is 2.22. The first-order valence-electron chi connectivity index (χ1n) is 5.99. The molecule has 3 rings (SSSR count). The van der Waals surface area contributed by atoms with E-state index in [0.29, 0.717) is 5.92 Å². The third-order valence-corrected chi connectivity index (χ3v) is 3.43. The normalized spacial score (nSPS) is 17.7. The van der Waals surface area contributed by atoms with Crippen LogP contribution in [-0.2, 0) is 0 Å². The molecule has 0 bridgehead atoms. The molecule has 1 fully saturated rings. The minimum atomic E-state index is 0.245. The van der Waals surface area contributed by atoms with Crippen molar-refractivity contribution in [2.45, 2.75) is 18.9 Å². The summed E-state index contributed by atoms with van der Waals surface area (Å²) in [5.41, 5.74) is 2.39. The summed E-state index contributed by atoms with van der Waals surface area (Å²) in [6.07, 6.45) is 5.73. The summed E-state index contributed by atoms with van der Waals surface area (Å²) in [4.78, 5) is 8.69. The van der Waals surface area contributed by atoms with Crippen LogP contribution in [0.5, 0.6) is 0 Å². The van der Waals surface area contributed by atoms with Crippen molar-refractivity contribution in [3.05, 3.63) is 48.3 Å². The van der Waals surface area contributed by atoms with Crippen molar-refractivity contribution >= 4 is 0 Å². The molecule has 0 radical (unpaired) electrons. The summed E-state index contributed by atoms with van der Waals surface area (Å²) in [7, 11) is 0. The quantitative estimate of drug-likeness (QED) is 0.867. The molecule has 4 nitrogen and oxygen atoms in total. The number of rotatable bonds is 3. The van der Waals surface area contributed by atoms with Gasteiger partial charge in [0.15, 0.2) is 0 Å². The highest BCUT2D eigenvalue weighted by atomic mass is 15.1. The van der Waals surface area contributed by atoms with Crippen LogP contribution in [-0.4, -0.2) is 27.6 Å². The van der Waals surface area contributed by atoms with Crippen molar-refractivity contribution in [1.29, 1.82) is 0 Å². The zero-order valence-electron chi connectivity index (χ0n) is 9.87. The minimum Gasteiger partial charge on any atom is -0.325 e. The van der Waals surface area contributed by atoms with E-state index in [2.05, 4.69) is 32.8 Å². The molecule has 1 N–H and O–H groups in total. The maximum Gasteiger partial charge on any atom is 0.0954 e. The standard InChI is InChI=1S/C13H16N4/c1-10(12-4-2-3-5-16-12)17-9-15-8-13(17)11-6-14-7-11/h2-5,8-11,14H,6-7H2,1H3. The first-order chi connectivity index (χ1) is 8.36. The Morgan fingerprint density at radius 1 is 1.41 bits per heavy atom. The Balaban J connectivity index is 1.91. The van der Waals surface area contributed by atoms with Crippen LogP contribution in [0.1, 0.15) is 30.3 Å². The second-order valence-corrected chi connectivity index (χ2v) is 4.51. The van der Waals surface area contributed by atoms with Crippen LogP contribution in [0.3, 0.4) is 0 Å². The van der Waals surface area contributed by atoms with E-state index in [1.807, 2.05) is 30.9 Å². The highest BCUT2D eigenvalue weighted by molar-refractivity contribution is 5.17. The molecule has 1 aliphatic heterocycles. The summed E-state index contributed by atoms with van der Waals surface area (Å²) in [6, 6.07) is 6.28. The smallest absolute Gasteiger partial charge is 0.0954 e. The summed E-state index contributed by atoms with van der Waals surface area (Å²) in [5.74, 6) is 0.601. The highest BCUT2D eigenvalue weighted by Gasteiger charge is 2.24. The van der Waals surface area contributed by atoms with Gasteiger partial charge in [-0.25, -0.2) is 4.98 Å². The first-order valence-corrected chi connectivity index (χ1v) is 5.99. The lowest BCUT2D eigenvalue weighted by Crippen LogP contribution is -2.41. The summed E-state index contributed by atoms with van der Waals surface area (Å²) in [5, 5.41) is 3.30. The molecule has 2 aromatic rings. The average molecular weight is 228 g/mol. The Hall–Kier alpha value is -1.68. The summed E-state index contributed by atoms with van der Waals surface area (Å²) < 4.78 is 2.23. The zero-order valence-corrected chi connectivity index (χ0v) is 9.87. The molecule has 0 aliphatic carbocycles. The van der Waals surface area contributed by atoms with Gasteiger partial charge in [0.2, 0.25) is 0 Å². The van der Waals surface area contributed by atoms with Gasteiger partial charge in [0.1, 0.15) is 0 Å². The monoisotopic (exact) mass is 228 g/mol. The largest absolute Gasteiger partial charge is 0.325 e. The molecule has 0 aromatic carbocycles. The molecule has 3 heterocycles. The third-order valence-electron chi connectivity index (χ3n) is 3.43. The minimum absolute atomic E-state index is 0.245. The van der Waals surface area contributed by atoms with Crippen molar-refractivity contribution in [3.63, 3.8) is 0 Å². The molecular weight excluding hydrogens is 212 g/mol. The Kier molecular flexibility index (Phi) is 2.65. The van der Waals surface area contributed by atoms with Crippen LogP contribution in [0, 0.1) is 0 Å². The van der Waals surface area contributed by atoms with Gasteiger partial charge in [0.25, 0.3) is 0 Å². The van der Waals surface area contributed by atoms with Crippen LogP contribution < -0.4 is 5.32 Å². The Morgan fingerprint density at radius 2 is 2.29 bits per heavy atom. The molecule has 1 atom stereocenters. The van der Waals surface area contributed by atoms with Crippen molar-refractivity contribution in [1.82, 2.24) is 19.9 Å². The van der Waals surface area contributed by atoms with E-state index in [4.69, 9.17) is 0 Å². The highest BCUT2D eigenvalue weighted by Crippen LogP contribution is 2.24. The lowest BCUT2D eigenvalue weighted by molar-refractivity contribution is 0.417. The van der Waals surface area contributed by atoms with Crippen LogP contribution in [0.4, 0.5) is 0 Å². The lowest BCUT2D eigenvalue weighted by atomic mass is 9.99. The van der Waals surface area contributed by atoms with Gasteiger partial charge in [-0.1, -0.05) is 6.07 Å². The molecule has 0 amide bonds. The SMILES string of the molecule is CC(c1ccccn1)n1cncc1C1CNC1. The Labute approximate surface area is 101 Å². The predicted molar refractivity (Wildman–Crippen MR) is 65.9 cm³/mol. The van der Waals surface area contributed by atoms with Crippen molar-refractivity contribution in [2.24, 2.45) is 0 Å². The van der Waals surface area contributed by atoms with Crippen molar-refractivity contribution in [2.75, 3.05) is 13.1 Å². The van der Waals surface area contributed by atoms with E-state index in [-0.39, 0.29) is 6.04 Å². The first kappa shape index (κ1) is 10.5. The second-order valence-electron chi connectivity index (χ2n) is 4.51. The topological polar surface area (TPSA) is 42.7 Å². The van der Waals surface area contributed by atoms with Gasteiger partial charge >= 0.3 is 0 Å². The van der Waals surface area contributed by atoms with Gasteiger partial charge < -0.3 is 9.88 Å². The van der Waals surface area contributed by atoms with Gasteiger partial charge in [-0.3, -0.25) is 4.98 Å². The second kappa shape index (κ2) is 4.30. The van der Waals surface area contributed by atoms with Crippen LogP contribution in [0.2, 0.25) is 0 Å². The van der Waals surface area contributed by atoms with E-state index < -0.39 is 0 Å². The molecule has 88 valence electrons. The van der Waals surface area contributed by atoms with Gasteiger partial charge in [-0.15, -0.1) is 0 Å². The molecule has 2 aromatic heterocycles. The number of nitrogens with one attached hydrogen (secondary N) is 1. The summed E-state index contributed by atoms with van der Waals surface area (Å²) >= 11 is 0. The van der Waals surface area contributed by atoms with Gasteiger partial charge in [0, 0.05) is 37.1 Å². The number of nitrogens with zero attached hydrogens (tertiary/aromatic N) is 3. The Morgan fingerprint density at radius 3 is 2.94 bits per heavy atom. The summed E-state index contributed by atoms with van der Waals surface area (Å²) in [6.45, 7) is 4.28. The number of hydrogen-bond acceptors (Lipinski definition) is 3. The number of aromatic nitrogens is 3. The molecule has 1 unspecified atom stereocenters. The fraction of sp³-hybridized carbons (Fsp3) is 0.385. The number of pyridine rings is 1.